The van der Waals surface area contributed by atoms with Crippen LogP contribution in [0.15, 0.2) is 60.7 Å². The van der Waals surface area contributed by atoms with Gasteiger partial charge in [0.2, 0.25) is 0 Å². The minimum absolute atomic E-state index is 0.154. The van der Waals surface area contributed by atoms with Crippen LogP contribution in [-0.4, -0.2) is 54.5 Å². The largest absolute Gasteiger partial charge is 0.336 e. The van der Waals surface area contributed by atoms with E-state index < -0.39 is 0 Å². The summed E-state index contributed by atoms with van der Waals surface area (Å²) in [5.74, 6) is 0.154. The molecule has 2 aromatic rings. The van der Waals surface area contributed by atoms with Crippen LogP contribution in [0.1, 0.15) is 22.0 Å². The third kappa shape index (κ3) is 2.95. The molecule has 4 nitrogen and oxygen atoms in total. The number of hydrogen-bond acceptors (Lipinski definition) is 3. The van der Waals surface area contributed by atoms with Crippen molar-refractivity contribution in [2.75, 3.05) is 32.7 Å². The Labute approximate surface area is 143 Å². The molecule has 0 saturated carbocycles. The Morgan fingerprint density at radius 1 is 0.875 bits per heavy atom. The monoisotopic (exact) mass is 321 g/mol. The molecule has 1 N–H and O–H groups in total. The van der Waals surface area contributed by atoms with E-state index in [2.05, 4.69) is 40.5 Å². The Morgan fingerprint density at radius 3 is 2.08 bits per heavy atom. The third-order valence-electron chi connectivity index (χ3n) is 5.18. The molecule has 2 heterocycles. The maximum atomic E-state index is 12.5. The lowest BCUT2D eigenvalue weighted by atomic mass is 9.91. The molecule has 0 aromatic heterocycles. The van der Waals surface area contributed by atoms with E-state index in [-0.39, 0.29) is 5.91 Å². The molecular weight excluding hydrogens is 298 g/mol. The van der Waals surface area contributed by atoms with Crippen LogP contribution in [0, 0.1) is 0 Å². The second kappa shape index (κ2) is 6.75. The average Bonchev–Trinajstić information content (AvgIpc) is 2.62. The molecule has 2 aromatic carbocycles. The predicted octanol–water partition coefficient (Wildman–Crippen LogP) is 2.16. The van der Waals surface area contributed by atoms with Gasteiger partial charge in [0.25, 0.3) is 5.91 Å². The summed E-state index contributed by atoms with van der Waals surface area (Å²) in [6.07, 6.45) is 0. The summed E-state index contributed by atoms with van der Waals surface area (Å²) in [4.78, 5) is 17.1. The van der Waals surface area contributed by atoms with Gasteiger partial charge in [0, 0.05) is 50.4 Å². The zero-order chi connectivity index (χ0) is 16.4. The van der Waals surface area contributed by atoms with Crippen molar-refractivity contribution in [3.63, 3.8) is 0 Å². The Hall–Kier alpha value is -2.17. The van der Waals surface area contributed by atoms with Gasteiger partial charge in [-0.15, -0.1) is 0 Å². The van der Waals surface area contributed by atoms with Crippen LogP contribution in [0.25, 0.3) is 0 Å². The summed E-state index contributed by atoms with van der Waals surface area (Å²) in [5.41, 5.74) is 2.15. The highest BCUT2D eigenvalue weighted by molar-refractivity contribution is 5.94. The van der Waals surface area contributed by atoms with E-state index >= 15 is 0 Å². The first-order valence-electron chi connectivity index (χ1n) is 8.69. The van der Waals surface area contributed by atoms with Gasteiger partial charge in [-0.25, -0.2) is 0 Å². The molecule has 2 saturated heterocycles. The van der Waals surface area contributed by atoms with Gasteiger partial charge in [-0.3, -0.25) is 9.69 Å². The number of nitrogens with zero attached hydrogens (tertiary/aromatic N) is 2. The molecule has 0 radical (unpaired) electrons. The third-order valence-corrected chi connectivity index (χ3v) is 5.18. The van der Waals surface area contributed by atoms with Crippen LogP contribution in [-0.2, 0) is 0 Å². The van der Waals surface area contributed by atoms with Crippen LogP contribution >= 0.6 is 0 Å². The minimum Gasteiger partial charge on any atom is -0.336 e. The molecule has 2 aliphatic heterocycles. The van der Waals surface area contributed by atoms with Gasteiger partial charge in [-0.2, -0.15) is 0 Å². The Balaban J connectivity index is 1.36. The summed E-state index contributed by atoms with van der Waals surface area (Å²) in [7, 11) is 0. The molecular formula is C20H23N3O. The molecule has 4 heteroatoms. The van der Waals surface area contributed by atoms with Crippen molar-refractivity contribution >= 4 is 5.91 Å². The molecule has 2 atom stereocenters. The summed E-state index contributed by atoms with van der Waals surface area (Å²) in [6, 6.07) is 21.2. The lowest BCUT2D eigenvalue weighted by Crippen LogP contribution is -2.63. The van der Waals surface area contributed by atoms with Crippen LogP contribution in [0.5, 0.6) is 0 Å². The maximum absolute atomic E-state index is 12.5. The summed E-state index contributed by atoms with van der Waals surface area (Å²) in [6.45, 7) is 4.56. The number of carbonyl (C=O) groups is 1. The maximum Gasteiger partial charge on any atom is 0.253 e. The molecule has 4 rings (SSSR count). The molecule has 0 bridgehead atoms. The van der Waals surface area contributed by atoms with Crippen molar-refractivity contribution in [1.29, 1.82) is 0 Å². The van der Waals surface area contributed by atoms with Gasteiger partial charge >= 0.3 is 0 Å². The first-order valence-corrected chi connectivity index (χ1v) is 8.69. The van der Waals surface area contributed by atoms with Crippen LogP contribution in [0.2, 0.25) is 0 Å². The quantitative estimate of drug-likeness (QED) is 0.941. The lowest BCUT2D eigenvalue weighted by Gasteiger charge is -2.48. The average molecular weight is 321 g/mol. The van der Waals surface area contributed by atoms with E-state index in [1.807, 2.05) is 35.2 Å². The van der Waals surface area contributed by atoms with E-state index in [4.69, 9.17) is 0 Å². The second-order valence-corrected chi connectivity index (χ2v) is 6.56. The number of rotatable bonds is 3. The standard InChI is InChI=1S/C20H23N3O/c24-20(17-9-5-2-6-10-17)23-13-11-22(12-14-23)18-15-21-19(18)16-7-3-1-4-8-16/h1-10,18-19,21H,11-15H2. The van der Waals surface area contributed by atoms with E-state index in [0.717, 1.165) is 38.3 Å². The van der Waals surface area contributed by atoms with Crippen molar-refractivity contribution in [3.05, 3.63) is 71.8 Å². The highest BCUT2D eigenvalue weighted by atomic mass is 16.2. The summed E-state index contributed by atoms with van der Waals surface area (Å²) in [5, 5.41) is 3.55. The molecule has 124 valence electrons. The zero-order valence-electron chi connectivity index (χ0n) is 13.8. The summed E-state index contributed by atoms with van der Waals surface area (Å²) >= 11 is 0. The Morgan fingerprint density at radius 2 is 1.50 bits per heavy atom. The molecule has 0 aliphatic carbocycles. The van der Waals surface area contributed by atoms with Crippen LogP contribution in [0.3, 0.4) is 0 Å². The number of piperazine rings is 1. The Bertz CT molecular complexity index is 681. The highest BCUT2D eigenvalue weighted by Gasteiger charge is 2.37. The number of hydrogen-bond donors (Lipinski definition) is 1. The van der Waals surface area contributed by atoms with Crippen LogP contribution < -0.4 is 5.32 Å². The van der Waals surface area contributed by atoms with Gasteiger partial charge in [0.05, 0.1) is 0 Å². The fourth-order valence-electron chi connectivity index (χ4n) is 3.70. The first kappa shape index (κ1) is 15.4. The van der Waals surface area contributed by atoms with Gasteiger partial charge < -0.3 is 10.2 Å². The molecule has 24 heavy (non-hydrogen) atoms. The minimum atomic E-state index is 0.154. The SMILES string of the molecule is O=C(c1ccccc1)N1CCN(C2CNC2c2ccccc2)CC1. The van der Waals surface area contributed by atoms with Gasteiger partial charge in [0.15, 0.2) is 0 Å². The number of benzene rings is 2. The number of amides is 1. The van der Waals surface area contributed by atoms with Crippen molar-refractivity contribution in [1.82, 2.24) is 15.1 Å². The van der Waals surface area contributed by atoms with Gasteiger partial charge in [-0.1, -0.05) is 48.5 Å². The molecule has 2 unspecified atom stereocenters. The van der Waals surface area contributed by atoms with E-state index in [1.165, 1.54) is 5.56 Å². The fraction of sp³-hybridized carbons (Fsp3) is 0.350. The van der Waals surface area contributed by atoms with Crippen molar-refractivity contribution in [2.24, 2.45) is 0 Å². The summed E-state index contributed by atoms with van der Waals surface area (Å²) < 4.78 is 0. The van der Waals surface area contributed by atoms with Crippen molar-refractivity contribution in [2.45, 2.75) is 12.1 Å². The van der Waals surface area contributed by atoms with Gasteiger partial charge in [0.1, 0.15) is 0 Å². The predicted molar refractivity (Wildman–Crippen MR) is 94.9 cm³/mol. The molecule has 2 fully saturated rings. The second-order valence-electron chi connectivity index (χ2n) is 6.56. The molecule has 2 aliphatic rings. The normalized spacial score (nSPS) is 24.4. The van der Waals surface area contributed by atoms with Crippen molar-refractivity contribution < 1.29 is 4.79 Å². The smallest absolute Gasteiger partial charge is 0.253 e. The highest BCUT2D eigenvalue weighted by Crippen LogP contribution is 2.28. The lowest BCUT2D eigenvalue weighted by molar-refractivity contribution is 0.0363. The molecule has 1 amide bonds. The van der Waals surface area contributed by atoms with Crippen molar-refractivity contribution in [3.8, 4) is 0 Å². The topological polar surface area (TPSA) is 35.6 Å². The molecule has 0 spiro atoms. The zero-order valence-corrected chi connectivity index (χ0v) is 13.8. The first-order chi connectivity index (χ1) is 11.8. The Kier molecular flexibility index (Phi) is 4.32. The number of nitrogens with one attached hydrogen (secondary N) is 1. The van der Waals surface area contributed by atoms with E-state index in [1.54, 1.807) is 0 Å². The fourth-order valence-corrected chi connectivity index (χ4v) is 3.70. The van der Waals surface area contributed by atoms with E-state index in [9.17, 15) is 4.79 Å². The van der Waals surface area contributed by atoms with Crippen LogP contribution in [0.4, 0.5) is 0 Å². The number of carbonyl (C=O) groups excluding carboxylic acids is 1. The van der Waals surface area contributed by atoms with E-state index in [0.29, 0.717) is 12.1 Å². The van der Waals surface area contributed by atoms with Gasteiger partial charge in [-0.05, 0) is 17.7 Å².